The van der Waals surface area contributed by atoms with Crippen molar-refractivity contribution in [1.82, 2.24) is 15.5 Å². The smallest absolute Gasteiger partial charge is 0.304 e. The van der Waals surface area contributed by atoms with Crippen molar-refractivity contribution in [2.75, 3.05) is 24.5 Å². The molecule has 0 saturated carbocycles. The summed E-state index contributed by atoms with van der Waals surface area (Å²) in [6, 6.07) is 19.0. The molecule has 0 aliphatic carbocycles. The van der Waals surface area contributed by atoms with Crippen LogP contribution in [0.1, 0.15) is 35.0 Å². The Morgan fingerprint density at radius 2 is 2.03 bits per heavy atom. The highest BCUT2D eigenvalue weighted by atomic mass is 35.5. The number of nitrogens with zero attached hydrogens (tertiary/aromatic N) is 3. The van der Waals surface area contributed by atoms with Crippen LogP contribution in [0.25, 0.3) is 0 Å². The molecule has 0 spiro atoms. The van der Waals surface area contributed by atoms with Crippen molar-refractivity contribution < 1.29 is 19.4 Å². The van der Waals surface area contributed by atoms with E-state index in [2.05, 4.69) is 15.5 Å². The maximum absolute atomic E-state index is 12.6. The first-order chi connectivity index (χ1) is 16.0. The van der Waals surface area contributed by atoms with Gasteiger partial charge in [-0.2, -0.15) is 10.4 Å². The second-order valence-electron chi connectivity index (χ2n) is 7.64. The number of aromatic nitrogens is 2. The standard InChI is InChI=1S/C24H23N5O4.ClH/c25-14-18-13-20(28-27-18)24(16-4-2-1-3-5-16)33-19-6-7-21-17(12-19)9-11-29(21)22(30)15-26-10-8-23(31)32;/h1-7,12-13,24,26H,8-11,15H2,(H,27,28)(H,31,32);1H. The number of halogens is 1. The Bertz CT molecular complexity index is 1190. The fraction of sp³-hybridized carbons (Fsp3) is 0.250. The van der Waals surface area contributed by atoms with Gasteiger partial charge in [0.15, 0.2) is 11.8 Å². The topological polar surface area (TPSA) is 131 Å². The maximum atomic E-state index is 12.6. The Hall–Kier alpha value is -3.87. The molecule has 1 aliphatic rings. The predicted molar refractivity (Wildman–Crippen MR) is 127 cm³/mol. The summed E-state index contributed by atoms with van der Waals surface area (Å²) in [5.41, 5.74) is 3.70. The number of carbonyl (C=O) groups excluding carboxylic acids is 1. The van der Waals surface area contributed by atoms with Gasteiger partial charge in [0.05, 0.1) is 18.7 Å². The zero-order valence-electron chi connectivity index (χ0n) is 18.2. The highest BCUT2D eigenvalue weighted by Gasteiger charge is 2.26. The van der Waals surface area contributed by atoms with Gasteiger partial charge in [-0.15, -0.1) is 12.4 Å². The molecule has 1 atom stereocenters. The zero-order chi connectivity index (χ0) is 23.2. The summed E-state index contributed by atoms with van der Waals surface area (Å²) in [6.45, 7) is 0.894. The van der Waals surface area contributed by atoms with Gasteiger partial charge in [0, 0.05) is 24.8 Å². The van der Waals surface area contributed by atoms with Crippen LogP contribution in [0.5, 0.6) is 5.75 Å². The van der Waals surface area contributed by atoms with Crippen molar-refractivity contribution >= 4 is 30.0 Å². The lowest BCUT2D eigenvalue weighted by Crippen LogP contribution is -2.37. The highest BCUT2D eigenvalue weighted by Crippen LogP contribution is 2.34. The Morgan fingerprint density at radius 3 is 2.74 bits per heavy atom. The molecule has 0 bridgehead atoms. The van der Waals surface area contributed by atoms with Crippen LogP contribution in [0.15, 0.2) is 54.6 Å². The van der Waals surface area contributed by atoms with Gasteiger partial charge in [-0.3, -0.25) is 14.7 Å². The molecule has 34 heavy (non-hydrogen) atoms. The Morgan fingerprint density at radius 1 is 1.24 bits per heavy atom. The third-order valence-electron chi connectivity index (χ3n) is 5.39. The third-order valence-corrected chi connectivity index (χ3v) is 5.39. The van der Waals surface area contributed by atoms with Crippen LogP contribution in [0, 0.1) is 11.3 Å². The molecule has 4 rings (SSSR count). The second-order valence-corrected chi connectivity index (χ2v) is 7.64. The molecular weight excluding hydrogens is 458 g/mol. The second kappa shape index (κ2) is 11.3. The van der Waals surface area contributed by atoms with Gasteiger partial charge >= 0.3 is 5.97 Å². The molecule has 0 saturated heterocycles. The SMILES string of the molecule is Cl.N#Cc1cc(C(Oc2ccc3c(c2)CCN3C(=O)CNCCC(=O)O)c2ccccc2)[nH]n1. The van der Waals surface area contributed by atoms with E-state index >= 15 is 0 Å². The molecule has 0 radical (unpaired) electrons. The number of rotatable bonds is 9. The average molecular weight is 482 g/mol. The largest absolute Gasteiger partial charge is 0.481 e. The number of nitriles is 1. The first-order valence-corrected chi connectivity index (χ1v) is 10.6. The van der Waals surface area contributed by atoms with E-state index in [0.717, 1.165) is 16.8 Å². The molecule has 1 aliphatic heterocycles. The minimum absolute atomic E-state index is 0. The van der Waals surface area contributed by atoms with Crippen LogP contribution in [-0.4, -0.2) is 46.8 Å². The van der Waals surface area contributed by atoms with Crippen LogP contribution in [0.2, 0.25) is 0 Å². The maximum Gasteiger partial charge on any atom is 0.304 e. The molecule has 3 N–H and O–H groups in total. The number of hydrogen-bond donors (Lipinski definition) is 3. The lowest BCUT2D eigenvalue weighted by Gasteiger charge is -2.20. The number of aromatic amines is 1. The van der Waals surface area contributed by atoms with E-state index < -0.39 is 12.1 Å². The van der Waals surface area contributed by atoms with Gasteiger partial charge in [0.25, 0.3) is 0 Å². The van der Waals surface area contributed by atoms with Crippen LogP contribution < -0.4 is 15.0 Å². The molecular formula is C24H24ClN5O4. The monoisotopic (exact) mass is 481 g/mol. The normalized spacial score (nSPS) is 12.9. The number of ether oxygens (including phenoxy) is 1. The number of aliphatic carboxylic acids is 1. The number of nitrogens with one attached hydrogen (secondary N) is 2. The van der Waals surface area contributed by atoms with Gasteiger partial charge in [-0.25, -0.2) is 0 Å². The van der Waals surface area contributed by atoms with Crippen LogP contribution in [0.3, 0.4) is 0 Å². The predicted octanol–water partition coefficient (Wildman–Crippen LogP) is 2.82. The molecule has 3 aromatic rings. The zero-order valence-corrected chi connectivity index (χ0v) is 19.0. The number of carbonyl (C=O) groups is 2. The van der Waals surface area contributed by atoms with Crippen molar-refractivity contribution in [3.63, 3.8) is 0 Å². The quantitative estimate of drug-likeness (QED) is 0.400. The third kappa shape index (κ3) is 5.73. The summed E-state index contributed by atoms with van der Waals surface area (Å²) in [5, 5.41) is 27.6. The van der Waals surface area contributed by atoms with E-state index in [4.69, 9.17) is 15.1 Å². The first-order valence-electron chi connectivity index (χ1n) is 10.6. The lowest BCUT2D eigenvalue weighted by atomic mass is 10.1. The van der Waals surface area contributed by atoms with Crippen molar-refractivity contribution in [2.24, 2.45) is 0 Å². The van der Waals surface area contributed by atoms with Crippen LogP contribution in [-0.2, 0) is 16.0 Å². The van der Waals surface area contributed by atoms with Crippen molar-refractivity contribution in [3.8, 4) is 11.8 Å². The number of carboxylic acid groups (broad SMARTS) is 1. The van der Waals surface area contributed by atoms with Gasteiger partial charge in [-0.05, 0) is 35.7 Å². The molecule has 2 aromatic carbocycles. The van der Waals surface area contributed by atoms with Gasteiger partial charge in [-0.1, -0.05) is 30.3 Å². The number of fused-ring (bicyclic) bond motifs is 1. The highest BCUT2D eigenvalue weighted by molar-refractivity contribution is 5.96. The number of H-pyrrole nitrogens is 1. The summed E-state index contributed by atoms with van der Waals surface area (Å²) in [5.74, 6) is -0.358. The van der Waals surface area contributed by atoms with Crippen LogP contribution >= 0.6 is 12.4 Å². The summed E-state index contributed by atoms with van der Waals surface area (Å²) in [6.07, 6.45) is 0.196. The van der Waals surface area contributed by atoms with Gasteiger partial charge in [0.1, 0.15) is 11.8 Å². The fourth-order valence-electron chi connectivity index (χ4n) is 3.80. The Kier molecular flexibility index (Phi) is 8.24. The molecule has 1 aromatic heterocycles. The van der Waals surface area contributed by atoms with E-state index in [1.807, 2.05) is 54.6 Å². The van der Waals surface area contributed by atoms with Gasteiger partial charge < -0.3 is 20.1 Å². The average Bonchev–Trinajstić information content (AvgIpc) is 3.47. The summed E-state index contributed by atoms with van der Waals surface area (Å²) in [4.78, 5) is 24.9. The van der Waals surface area contributed by atoms with Gasteiger partial charge in [0.2, 0.25) is 5.91 Å². The van der Waals surface area contributed by atoms with E-state index in [-0.39, 0.29) is 43.5 Å². The molecule has 0 fully saturated rings. The number of anilines is 1. The van der Waals surface area contributed by atoms with Crippen molar-refractivity contribution in [3.05, 3.63) is 77.1 Å². The Balaban J connectivity index is 0.00000324. The molecule has 1 amide bonds. The molecule has 176 valence electrons. The van der Waals surface area contributed by atoms with Crippen LogP contribution in [0.4, 0.5) is 5.69 Å². The number of amides is 1. The van der Waals surface area contributed by atoms with Crippen molar-refractivity contribution in [1.29, 1.82) is 5.26 Å². The summed E-state index contributed by atoms with van der Waals surface area (Å²) < 4.78 is 6.32. The Labute approximate surface area is 202 Å². The summed E-state index contributed by atoms with van der Waals surface area (Å²) >= 11 is 0. The van der Waals surface area contributed by atoms with E-state index in [0.29, 0.717) is 24.4 Å². The van der Waals surface area contributed by atoms with E-state index in [9.17, 15) is 9.59 Å². The number of benzene rings is 2. The summed E-state index contributed by atoms with van der Waals surface area (Å²) in [7, 11) is 0. The molecule has 9 nitrogen and oxygen atoms in total. The van der Waals surface area contributed by atoms with Crippen molar-refractivity contribution in [2.45, 2.75) is 18.9 Å². The fourth-order valence-corrected chi connectivity index (χ4v) is 3.80. The number of carboxylic acids is 1. The molecule has 1 unspecified atom stereocenters. The van der Waals surface area contributed by atoms with E-state index in [1.165, 1.54) is 0 Å². The lowest BCUT2D eigenvalue weighted by molar-refractivity contribution is -0.137. The number of hydrogen-bond acceptors (Lipinski definition) is 6. The minimum Gasteiger partial charge on any atom is -0.481 e. The first kappa shape index (κ1) is 24.8. The molecule has 2 heterocycles. The minimum atomic E-state index is -0.901. The molecule has 10 heteroatoms. The van der Waals surface area contributed by atoms with E-state index in [1.54, 1.807) is 11.0 Å².